The van der Waals surface area contributed by atoms with Crippen molar-refractivity contribution < 1.29 is 14.3 Å². The SMILES string of the molecule is CCC(CN(C)Cc1ccccc1)NC(=O)c1ccc2c(c1)NC(=O)/C(=C/c1ccccc1Cl)O2. The van der Waals surface area contributed by atoms with E-state index in [0.29, 0.717) is 27.6 Å². The van der Waals surface area contributed by atoms with E-state index in [1.165, 1.54) is 5.56 Å². The highest BCUT2D eigenvalue weighted by atomic mass is 35.5. The van der Waals surface area contributed by atoms with Gasteiger partial charge >= 0.3 is 0 Å². The number of fused-ring (bicyclic) bond motifs is 1. The third-order valence-corrected chi connectivity index (χ3v) is 6.13. The number of benzene rings is 3. The number of likely N-dealkylation sites (N-methyl/N-ethyl adjacent to an activating group) is 1. The highest BCUT2D eigenvalue weighted by molar-refractivity contribution is 6.32. The Hall–Kier alpha value is -3.61. The molecule has 3 aromatic rings. The number of carbonyl (C=O) groups is 2. The molecule has 180 valence electrons. The van der Waals surface area contributed by atoms with Crippen LogP contribution in [0.15, 0.2) is 78.6 Å². The van der Waals surface area contributed by atoms with Crippen molar-refractivity contribution in [2.45, 2.75) is 25.9 Å². The minimum atomic E-state index is -0.399. The van der Waals surface area contributed by atoms with E-state index in [4.69, 9.17) is 16.3 Å². The molecular formula is C28H28ClN3O3. The molecule has 0 fully saturated rings. The van der Waals surface area contributed by atoms with Crippen LogP contribution in [0.2, 0.25) is 5.02 Å². The molecule has 1 unspecified atom stereocenters. The van der Waals surface area contributed by atoms with E-state index < -0.39 is 5.91 Å². The van der Waals surface area contributed by atoms with Crippen LogP contribution < -0.4 is 15.4 Å². The Bertz CT molecular complexity index is 1240. The van der Waals surface area contributed by atoms with E-state index in [1.807, 2.05) is 37.4 Å². The fourth-order valence-electron chi connectivity index (χ4n) is 3.92. The van der Waals surface area contributed by atoms with Crippen molar-refractivity contribution in [3.05, 3.63) is 100 Å². The Morgan fingerprint density at radius 3 is 2.60 bits per heavy atom. The van der Waals surface area contributed by atoms with Gasteiger partial charge in [-0.25, -0.2) is 0 Å². The molecule has 2 N–H and O–H groups in total. The number of hydrogen-bond acceptors (Lipinski definition) is 4. The van der Waals surface area contributed by atoms with Crippen LogP contribution >= 0.6 is 11.6 Å². The number of ether oxygens (including phenoxy) is 1. The van der Waals surface area contributed by atoms with Crippen molar-refractivity contribution in [2.75, 3.05) is 18.9 Å². The smallest absolute Gasteiger partial charge is 0.291 e. The number of carbonyl (C=O) groups excluding carboxylic acids is 2. The van der Waals surface area contributed by atoms with Gasteiger partial charge in [-0.05, 0) is 54.9 Å². The summed E-state index contributed by atoms with van der Waals surface area (Å²) >= 11 is 6.19. The summed E-state index contributed by atoms with van der Waals surface area (Å²) in [4.78, 5) is 27.7. The average molecular weight is 490 g/mol. The van der Waals surface area contributed by atoms with Gasteiger partial charge in [0.2, 0.25) is 0 Å². The molecule has 4 rings (SSSR count). The Kier molecular flexibility index (Phi) is 7.85. The van der Waals surface area contributed by atoms with Gasteiger partial charge in [-0.2, -0.15) is 0 Å². The summed E-state index contributed by atoms with van der Waals surface area (Å²) in [7, 11) is 2.04. The molecule has 1 aliphatic heterocycles. The molecule has 0 saturated heterocycles. The minimum Gasteiger partial charge on any atom is -0.449 e. The maximum Gasteiger partial charge on any atom is 0.291 e. The lowest BCUT2D eigenvalue weighted by Crippen LogP contribution is -2.42. The number of anilines is 1. The lowest BCUT2D eigenvalue weighted by atomic mass is 10.1. The molecule has 35 heavy (non-hydrogen) atoms. The predicted octanol–water partition coefficient (Wildman–Crippen LogP) is 5.35. The van der Waals surface area contributed by atoms with Crippen LogP contribution in [0.5, 0.6) is 5.75 Å². The summed E-state index contributed by atoms with van der Waals surface area (Å²) in [6.07, 6.45) is 2.39. The van der Waals surface area contributed by atoms with Gasteiger partial charge in [0.25, 0.3) is 11.8 Å². The second-order valence-corrected chi connectivity index (χ2v) is 8.97. The molecule has 0 aromatic heterocycles. The highest BCUT2D eigenvalue weighted by Gasteiger charge is 2.24. The first kappa shape index (κ1) is 24.5. The standard InChI is InChI=1S/C28H28ClN3O3/c1-3-22(18-32(2)17-19-9-5-4-6-10-19)30-27(33)21-13-14-25-24(15-21)31-28(34)26(35-25)16-20-11-7-8-12-23(20)29/h4-16,22H,3,17-18H2,1-2H3,(H,30,33)(H,31,34)/b26-16-. The van der Waals surface area contributed by atoms with Gasteiger partial charge in [0.1, 0.15) is 0 Å². The lowest BCUT2D eigenvalue weighted by molar-refractivity contribution is -0.115. The van der Waals surface area contributed by atoms with Crippen molar-refractivity contribution in [1.82, 2.24) is 10.2 Å². The van der Waals surface area contributed by atoms with E-state index in [0.717, 1.165) is 19.5 Å². The first-order valence-electron chi connectivity index (χ1n) is 11.6. The second-order valence-electron chi connectivity index (χ2n) is 8.56. The molecule has 1 heterocycles. The molecule has 0 bridgehead atoms. The molecule has 0 spiro atoms. The van der Waals surface area contributed by atoms with Gasteiger partial charge in [0, 0.05) is 29.7 Å². The number of halogens is 1. The van der Waals surface area contributed by atoms with Crippen molar-refractivity contribution in [3.8, 4) is 5.75 Å². The summed E-state index contributed by atoms with van der Waals surface area (Å²) in [5, 5.41) is 6.44. The first-order valence-corrected chi connectivity index (χ1v) is 11.9. The van der Waals surface area contributed by atoms with E-state index in [-0.39, 0.29) is 17.7 Å². The molecule has 3 aromatic carbocycles. The van der Waals surface area contributed by atoms with Gasteiger partial charge in [0.05, 0.1) is 5.69 Å². The molecule has 7 heteroatoms. The van der Waals surface area contributed by atoms with Crippen LogP contribution in [0, 0.1) is 0 Å². The van der Waals surface area contributed by atoms with E-state index in [9.17, 15) is 9.59 Å². The van der Waals surface area contributed by atoms with Crippen molar-refractivity contribution >= 4 is 35.2 Å². The van der Waals surface area contributed by atoms with Crippen molar-refractivity contribution in [1.29, 1.82) is 0 Å². The van der Waals surface area contributed by atoms with Crippen LogP contribution in [-0.4, -0.2) is 36.3 Å². The molecule has 0 radical (unpaired) electrons. The lowest BCUT2D eigenvalue weighted by Gasteiger charge is -2.25. The molecule has 1 aliphatic rings. The molecule has 1 atom stereocenters. The Balaban J connectivity index is 1.41. The van der Waals surface area contributed by atoms with Crippen molar-refractivity contribution in [3.63, 3.8) is 0 Å². The third-order valence-electron chi connectivity index (χ3n) is 5.78. The fraction of sp³-hybridized carbons (Fsp3) is 0.214. The molecule has 6 nitrogen and oxygen atoms in total. The summed E-state index contributed by atoms with van der Waals surface area (Å²) in [6.45, 7) is 3.58. The van der Waals surface area contributed by atoms with Crippen LogP contribution in [0.4, 0.5) is 5.69 Å². The number of amides is 2. The van der Waals surface area contributed by atoms with Crippen molar-refractivity contribution in [2.24, 2.45) is 0 Å². The largest absolute Gasteiger partial charge is 0.449 e. The number of nitrogens with zero attached hydrogens (tertiary/aromatic N) is 1. The van der Waals surface area contributed by atoms with Gasteiger partial charge in [0.15, 0.2) is 11.5 Å². The number of rotatable bonds is 8. The fourth-order valence-corrected chi connectivity index (χ4v) is 4.11. The average Bonchev–Trinajstić information content (AvgIpc) is 2.85. The third kappa shape index (κ3) is 6.29. The second kappa shape index (κ2) is 11.2. The van der Waals surface area contributed by atoms with Gasteiger partial charge < -0.3 is 20.3 Å². The molecular weight excluding hydrogens is 462 g/mol. The number of hydrogen-bond donors (Lipinski definition) is 2. The Morgan fingerprint density at radius 2 is 1.86 bits per heavy atom. The quantitative estimate of drug-likeness (QED) is 0.418. The number of nitrogens with one attached hydrogen (secondary N) is 2. The van der Waals surface area contributed by atoms with E-state index >= 15 is 0 Å². The minimum absolute atomic E-state index is 0.0109. The van der Waals surface area contributed by atoms with Crippen LogP contribution in [0.1, 0.15) is 34.8 Å². The van der Waals surface area contributed by atoms with Gasteiger partial charge in [-0.1, -0.05) is 67.1 Å². The molecule has 2 amide bonds. The highest BCUT2D eigenvalue weighted by Crippen LogP contribution is 2.33. The zero-order chi connectivity index (χ0) is 24.8. The van der Waals surface area contributed by atoms with Gasteiger partial charge in [-0.3, -0.25) is 9.59 Å². The zero-order valence-corrected chi connectivity index (χ0v) is 20.5. The topological polar surface area (TPSA) is 70.7 Å². The molecule has 0 saturated carbocycles. The van der Waals surface area contributed by atoms with E-state index in [1.54, 1.807) is 36.4 Å². The Labute approximate surface area is 210 Å². The summed E-state index contributed by atoms with van der Waals surface area (Å²) < 4.78 is 5.80. The van der Waals surface area contributed by atoms with E-state index in [2.05, 4.69) is 34.6 Å². The summed E-state index contributed by atoms with van der Waals surface area (Å²) in [5.74, 6) is 0.00718. The normalized spacial score (nSPS) is 14.7. The molecule has 0 aliphatic carbocycles. The van der Waals surface area contributed by atoms with Gasteiger partial charge in [-0.15, -0.1) is 0 Å². The van der Waals surface area contributed by atoms with Crippen LogP contribution in [0.25, 0.3) is 6.08 Å². The monoisotopic (exact) mass is 489 g/mol. The maximum absolute atomic E-state index is 13.0. The summed E-state index contributed by atoms with van der Waals surface area (Å²) in [6, 6.07) is 22.4. The van der Waals surface area contributed by atoms with Crippen LogP contribution in [-0.2, 0) is 11.3 Å². The maximum atomic E-state index is 13.0. The predicted molar refractivity (Wildman–Crippen MR) is 139 cm³/mol. The summed E-state index contributed by atoms with van der Waals surface area (Å²) in [5.41, 5.74) is 2.81. The first-order chi connectivity index (χ1) is 16.9. The zero-order valence-electron chi connectivity index (χ0n) is 19.8. The van der Waals surface area contributed by atoms with Crippen LogP contribution in [0.3, 0.4) is 0 Å². The Morgan fingerprint density at radius 1 is 1.11 bits per heavy atom.